The van der Waals surface area contributed by atoms with Gasteiger partial charge in [-0.2, -0.15) is 4.21 Å². The van der Waals surface area contributed by atoms with Crippen molar-refractivity contribution in [3.8, 4) is 5.75 Å². The third-order valence-electron chi connectivity index (χ3n) is 0.756. The first-order valence-electron chi connectivity index (χ1n) is 2.30. The van der Waals surface area contributed by atoms with E-state index >= 15 is 0 Å². The Morgan fingerprint density at radius 3 is 1.78 bits per heavy atom. The predicted octanol–water partition coefficient (Wildman–Crippen LogP) is 1.06. The Morgan fingerprint density at radius 2 is 1.56 bits per heavy atom. The van der Waals surface area contributed by atoms with Gasteiger partial charge in [0.1, 0.15) is 5.75 Å². The molecule has 0 atom stereocenters. The normalized spacial score (nSPS) is 7.11. The number of phenolic OH excluding ortho intramolecular Hbond substituents is 1. The van der Waals surface area contributed by atoms with E-state index in [-0.39, 0.29) is 0 Å². The van der Waals surface area contributed by atoms with Crippen molar-refractivity contribution in [1.82, 2.24) is 0 Å². The van der Waals surface area contributed by atoms with Gasteiger partial charge in [0.2, 0.25) is 0 Å². The second kappa shape index (κ2) is 5.18. The fraction of sp³-hybridized carbons (Fsp3) is 0. The van der Waals surface area contributed by atoms with Gasteiger partial charge in [0.15, 0.2) is 12.5 Å². The van der Waals surface area contributed by atoms with Gasteiger partial charge in [-0.25, -0.2) is 0 Å². The molecule has 0 fully saturated rings. The maximum Gasteiger partial charge on any atom is 0.197 e. The molecule has 48 valence electrons. The number of rotatable bonds is 0. The van der Waals surface area contributed by atoms with Gasteiger partial charge >= 0.3 is 0 Å². The maximum absolute atomic E-state index is 8.63. The zero-order valence-corrected chi connectivity index (χ0v) is 5.47. The van der Waals surface area contributed by atoms with Crippen LogP contribution in [0.1, 0.15) is 0 Å². The summed E-state index contributed by atoms with van der Waals surface area (Å²) in [5, 5.41) is 8.63. The maximum atomic E-state index is 8.63. The summed E-state index contributed by atoms with van der Waals surface area (Å²) in [6, 6.07) is 8.71. The molecule has 9 heavy (non-hydrogen) atoms. The van der Waals surface area contributed by atoms with E-state index in [0.29, 0.717) is 5.75 Å². The molecule has 2 nitrogen and oxygen atoms in total. The molecule has 1 aromatic rings. The number of benzene rings is 1. The van der Waals surface area contributed by atoms with Crippen LogP contribution in [-0.2, 0) is 12.5 Å². The minimum absolute atomic E-state index is 0.322. The van der Waals surface area contributed by atoms with Gasteiger partial charge in [-0.3, -0.25) is 0 Å². The van der Waals surface area contributed by atoms with Gasteiger partial charge in [0, 0.05) is 0 Å². The first-order chi connectivity index (χ1) is 4.39. The number of aromatic hydroxyl groups is 1. The van der Waals surface area contributed by atoms with E-state index in [4.69, 9.17) is 9.32 Å². The zero-order chi connectivity index (χ0) is 7.11. The zero-order valence-electron chi connectivity index (χ0n) is 4.65. The van der Waals surface area contributed by atoms with Crippen LogP contribution in [0, 0.1) is 0 Å². The van der Waals surface area contributed by atoms with Crippen LogP contribution in [0.3, 0.4) is 0 Å². The van der Waals surface area contributed by atoms with Gasteiger partial charge in [0.25, 0.3) is 0 Å². The lowest BCUT2D eigenvalue weighted by molar-refractivity contribution is 0.475. The first kappa shape index (κ1) is 8.04. The molecule has 3 heteroatoms. The molecule has 1 N–H and O–H groups in total. The Morgan fingerprint density at radius 1 is 1.11 bits per heavy atom. The Labute approximate surface area is 58.7 Å². The molecule has 0 spiro atoms. The second-order valence-electron chi connectivity index (χ2n) is 1.34. The van der Waals surface area contributed by atoms with Crippen LogP contribution in [0.25, 0.3) is 0 Å². The van der Waals surface area contributed by atoms with E-state index < -0.39 is 0 Å². The smallest absolute Gasteiger partial charge is 0.197 e. The summed E-state index contributed by atoms with van der Waals surface area (Å²) in [4.78, 5) is 0. The third-order valence-corrected chi connectivity index (χ3v) is 0.756. The average Bonchev–Trinajstić information content (AvgIpc) is 1.94. The van der Waals surface area contributed by atoms with E-state index in [1.165, 1.54) is 0 Å². The highest BCUT2D eigenvalue weighted by atomic mass is 32.1. The number of para-hydroxylation sites is 1. The monoisotopic (exact) mass is 142 g/mol. The van der Waals surface area contributed by atoms with Crippen molar-refractivity contribution >= 4 is 12.5 Å². The van der Waals surface area contributed by atoms with Gasteiger partial charge < -0.3 is 5.11 Å². The van der Waals surface area contributed by atoms with Gasteiger partial charge in [-0.1, -0.05) is 18.2 Å². The van der Waals surface area contributed by atoms with Crippen LogP contribution in [0.15, 0.2) is 30.3 Å². The predicted molar refractivity (Wildman–Crippen MR) is 36.2 cm³/mol. The molecule has 0 amide bonds. The standard InChI is InChI=1S/C6H6O.OS/c7-6-4-2-1-3-5-6;1-2/h1-5,7H;. The molecule has 0 bridgehead atoms. The average molecular weight is 142 g/mol. The molecule has 0 aliphatic rings. The van der Waals surface area contributed by atoms with Crippen LogP contribution < -0.4 is 0 Å². The van der Waals surface area contributed by atoms with E-state index in [1.807, 2.05) is 6.07 Å². The minimum atomic E-state index is 0.322. The summed E-state index contributed by atoms with van der Waals surface area (Å²) in [6.07, 6.45) is 0. The summed E-state index contributed by atoms with van der Waals surface area (Å²) in [5.74, 6) is 0.322. The lowest BCUT2D eigenvalue weighted by Crippen LogP contribution is -1.56. The van der Waals surface area contributed by atoms with Crippen LogP contribution >= 0.6 is 0 Å². The minimum Gasteiger partial charge on any atom is -0.508 e. The number of phenols is 1. The number of hydrogen-bond acceptors (Lipinski definition) is 3. The molecule has 0 unspecified atom stereocenters. The molecule has 0 heterocycles. The summed E-state index contributed by atoms with van der Waals surface area (Å²) < 4.78 is 7.83. The molecule has 0 saturated heterocycles. The third kappa shape index (κ3) is 3.61. The van der Waals surface area contributed by atoms with E-state index in [1.54, 1.807) is 24.3 Å². The van der Waals surface area contributed by atoms with E-state index in [9.17, 15) is 0 Å². The Kier molecular flexibility index (Phi) is 4.63. The number of hydrogen-bond donors (Lipinski definition) is 1. The van der Waals surface area contributed by atoms with Crippen molar-refractivity contribution < 1.29 is 9.32 Å². The van der Waals surface area contributed by atoms with Crippen LogP contribution in [0.2, 0.25) is 0 Å². The Balaban J connectivity index is 0.000000291. The highest BCUT2D eigenvalue weighted by molar-refractivity contribution is 7.44. The van der Waals surface area contributed by atoms with Crippen LogP contribution in [0.4, 0.5) is 0 Å². The lowest BCUT2D eigenvalue weighted by Gasteiger charge is -1.82. The van der Waals surface area contributed by atoms with Crippen LogP contribution in [-0.4, -0.2) is 9.32 Å². The van der Waals surface area contributed by atoms with E-state index in [0.717, 1.165) is 0 Å². The highest BCUT2D eigenvalue weighted by Gasteiger charge is 1.74. The van der Waals surface area contributed by atoms with Crippen LogP contribution in [0.5, 0.6) is 5.75 Å². The molecule has 0 aliphatic carbocycles. The fourth-order valence-electron chi connectivity index (χ4n) is 0.428. The molecule has 0 saturated carbocycles. The molecular weight excluding hydrogens is 136 g/mol. The van der Waals surface area contributed by atoms with Crippen molar-refractivity contribution in [2.45, 2.75) is 0 Å². The summed E-state index contributed by atoms with van der Waals surface area (Å²) >= 11 is 2.83. The lowest BCUT2D eigenvalue weighted by atomic mass is 10.3. The molecular formula is C6H6O2S. The molecule has 1 rings (SSSR count). The van der Waals surface area contributed by atoms with Gasteiger partial charge in [-0.05, 0) is 12.1 Å². The summed E-state index contributed by atoms with van der Waals surface area (Å²) in [5.41, 5.74) is 0. The largest absolute Gasteiger partial charge is 0.508 e. The SMILES string of the molecule is O=S.Oc1ccccc1. The molecule has 0 radical (unpaired) electrons. The topological polar surface area (TPSA) is 37.3 Å². The van der Waals surface area contributed by atoms with Crippen molar-refractivity contribution in [2.24, 2.45) is 0 Å². The van der Waals surface area contributed by atoms with Crippen molar-refractivity contribution in [3.05, 3.63) is 30.3 Å². The van der Waals surface area contributed by atoms with Crippen molar-refractivity contribution in [3.63, 3.8) is 0 Å². The fourth-order valence-corrected chi connectivity index (χ4v) is 0.428. The summed E-state index contributed by atoms with van der Waals surface area (Å²) in [6.45, 7) is 0. The van der Waals surface area contributed by atoms with Crippen molar-refractivity contribution in [2.75, 3.05) is 0 Å². The Hall–Kier alpha value is -0.960. The summed E-state index contributed by atoms with van der Waals surface area (Å²) in [7, 11) is 0. The van der Waals surface area contributed by atoms with Crippen molar-refractivity contribution in [1.29, 1.82) is 0 Å². The molecule has 0 aromatic heterocycles. The molecule has 1 aromatic carbocycles. The first-order valence-corrected chi connectivity index (χ1v) is 2.63. The molecule has 0 aliphatic heterocycles. The van der Waals surface area contributed by atoms with Gasteiger partial charge in [0.05, 0.1) is 0 Å². The van der Waals surface area contributed by atoms with Gasteiger partial charge in [-0.15, -0.1) is 0 Å². The second-order valence-corrected chi connectivity index (χ2v) is 1.34. The highest BCUT2D eigenvalue weighted by Crippen LogP contribution is 2.02. The van der Waals surface area contributed by atoms with E-state index in [2.05, 4.69) is 12.5 Å². The quantitative estimate of drug-likeness (QED) is 0.588. The Bertz CT molecular complexity index is 152.